The predicted molar refractivity (Wildman–Crippen MR) is 97.4 cm³/mol. The van der Waals surface area contributed by atoms with E-state index in [-0.39, 0.29) is 5.91 Å². The van der Waals surface area contributed by atoms with E-state index in [2.05, 4.69) is 14.9 Å². The molecule has 0 radical (unpaired) electrons. The summed E-state index contributed by atoms with van der Waals surface area (Å²) in [5.74, 6) is 3.11. The Hall–Kier alpha value is -2.57. The smallest absolute Gasteiger partial charge is 0.257 e. The molecule has 0 N–H and O–H groups in total. The first-order valence-electron chi connectivity index (χ1n) is 8.49. The average molecular weight is 343 g/mol. The Morgan fingerprint density at radius 2 is 1.76 bits per heavy atom. The lowest BCUT2D eigenvalue weighted by Crippen LogP contribution is -2.49. The van der Waals surface area contributed by atoms with Crippen molar-refractivity contribution in [1.29, 1.82) is 0 Å². The van der Waals surface area contributed by atoms with E-state index < -0.39 is 0 Å². The molecule has 1 aliphatic heterocycles. The van der Waals surface area contributed by atoms with E-state index in [0.717, 1.165) is 36.3 Å². The Labute approximate surface area is 148 Å². The SMILES string of the molecule is Cc1cc(N(C)C)nc(N2CCN(C(=O)c3cc(C)oc3C)CC2)n1. The van der Waals surface area contributed by atoms with Crippen molar-refractivity contribution in [2.45, 2.75) is 20.8 Å². The summed E-state index contributed by atoms with van der Waals surface area (Å²) in [4.78, 5) is 27.8. The van der Waals surface area contributed by atoms with Crippen molar-refractivity contribution in [2.24, 2.45) is 0 Å². The minimum absolute atomic E-state index is 0.0353. The van der Waals surface area contributed by atoms with Gasteiger partial charge < -0.3 is 19.1 Å². The van der Waals surface area contributed by atoms with E-state index in [1.165, 1.54) is 0 Å². The molecule has 1 saturated heterocycles. The maximum absolute atomic E-state index is 12.7. The standard InChI is InChI=1S/C18H25N5O2/c1-12-10-16(21(4)5)20-18(19-12)23-8-6-22(7-9-23)17(24)15-11-13(2)25-14(15)3/h10-11H,6-9H2,1-5H3. The molecule has 0 aliphatic carbocycles. The molecule has 25 heavy (non-hydrogen) atoms. The van der Waals surface area contributed by atoms with Crippen LogP contribution in [0.2, 0.25) is 0 Å². The Kier molecular flexibility index (Phi) is 4.65. The third-order valence-electron chi connectivity index (χ3n) is 4.41. The van der Waals surface area contributed by atoms with E-state index >= 15 is 0 Å². The van der Waals surface area contributed by atoms with Crippen molar-refractivity contribution in [1.82, 2.24) is 14.9 Å². The number of anilines is 2. The summed E-state index contributed by atoms with van der Waals surface area (Å²) >= 11 is 0. The van der Waals surface area contributed by atoms with Crippen LogP contribution in [0.5, 0.6) is 0 Å². The molecule has 0 saturated carbocycles. The highest BCUT2D eigenvalue weighted by molar-refractivity contribution is 5.95. The van der Waals surface area contributed by atoms with Crippen LogP contribution in [0.15, 0.2) is 16.5 Å². The molecule has 3 rings (SSSR count). The molecule has 1 fully saturated rings. The van der Waals surface area contributed by atoms with Gasteiger partial charge in [-0.3, -0.25) is 4.79 Å². The Bertz CT molecular complexity index is 776. The summed E-state index contributed by atoms with van der Waals surface area (Å²) in [5, 5.41) is 0. The summed E-state index contributed by atoms with van der Waals surface area (Å²) < 4.78 is 5.48. The predicted octanol–water partition coefficient (Wildman–Crippen LogP) is 2.02. The zero-order valence-corrected chi connectivity index (χ0v) is 15.5. The molecule has 7 heteroatoms. The van der Waals surface area contributed by atoms with E-state index in [0.29, 0.717) is 24.4 Å². The van der Waals surface area contributed by atoms with Crippen molar-refractivity contribution in [3.05, 3.63) is 34.9 Å². The van der Waals surface area contributed by atoms with E-state index in [9.17, 15) is 4.79 Å². The fraction of sp³-hybridized carbons (Fsp3) is 0.500. The third kappa shape index (κ3) is 3.60. The Balaban J connectivity index is 1.70. The van der Waals surface area contributed by atoms with Crippen LogP contribution in [0, 0.1) is 20.8 Å². The average Bonchev–Trinajstić information content (AvgIpc) is 2.92. The number of amides is 1. The summed E-state index contributed by atoms with van der Waals surface area (Å²) in [7, 11) is 3.94. The largest absolute Gasteiger partial charge is 0.466 e. The van der Waals surface area contributed by atoms with Crippen molar-refractivity contribution < 1.29 is 9.21 Å². The summed E-state index contributed by atoms with van der Waals surface area (Å²) in [6, 6.07) is 3.78. The summed E-state index contributed by atoms with van der Waals surface area (Å²) in [6.45, 7) is 8.41. The number of carbonyl (C=O) groups excluding carboxylic acids is 1. The lowest BCUT2D eigenvalue weighted by Gasteiger charge is -2.35. The first-order chi connectivity index (χ1) is 11.8. The molecule has 0 bridgehead atoms. The highest BCUT2D eigenvalue weighted by Crippen LogP contribution is 2.20. The van der Waals surface area contributed by atoms with E-state index in [1.807, 2.05) is 56.8 Å². The molecule has 0 aromatic carbocycles. The van der Waals surface area contributed by atoms with Gasteiger partial charge in [-0.1, -0.05) is 0 Å². The molecular weight excluding hydrogens is 318 g/mol. The number of hydrogen-bond acceptors (Lipinski definition) is 6. The van der Waals surface area contributed by atoms with Crippen LogP contribution in [-0.4, -0.2) is 61.0 Å². The number of piperazine rings is 1. The first kappa shape index (κ1) is 17.3. The molecule has 7 nitrogen and oxygen atoms in total. The number of carbonyl (C=O) groups is 1. The van der Waals surface area contributed by atoms with Crippen molar-refractivity contribution in [2.75, 3.05) is 50.1 Å². The zero-order valence-electron chi connectivity index (χ0n) is 15.5. The minimum atomic E-state index is 0.0353. The van der Waals surface area contributed by atoms with Gasteiger partial charge in [-0.25, -0.2) is 4.98 Å². The number of furan rings is 1. The summed E-state index contributed by atoms with van der Waals surface area (Å²) in [6.07, 6.45) is 0. The number of rotatable bonds is 3. The molecule has 1 amide bonds. The number of aryl methyl sites for hydroxylation is 3. The van der Waals surface area contributed by atoms with Crippen LogP contribution in [0.3, 0.4) is 0 Å². The van der Waals surface area contributed by atoms with Crippen LogP contribution >= 0.6 is 0 Å². The van der Waals surface area contributed by atoms with Crippen molar-refractivity contribution in [3.63, 3.8) is 0 Å². The van der Waals surface area contributed by atoms with E-state index in [1.54, 1.807) is 0 Å². The van der Waals surface area contributed by atoms with Crippen LogP contribution in [0.25, 0.3) is 0 Å². The van der Waals surface area contributed by atoms with Gasteiger partial charge in [0.15, 0.2) is 0 Å². The number of hydrogen-bond donors (Lipinski definition) is 0. The minimum Gasteiger partial charge on any atom is -0.466 e. The Morgan fingerprint density at radius 1 is 1.08 bits per heavy atom. The second-order valence-electron chi connectivity index (χ2n) is 6.67. The Morgan fingerprint density at radius 3 is 2.32 bits per heavy atom. The van der Waals surface area contributed by atoms with Gasteiger partial charge in [-0.15, -0.1) is 0 Å². The maximum atomic E-state index is 12.7. The monoisotopic (exact) mass is 343 g/mol. The van der Waals surface area contributed by atoms with Gasteiger partial charge in [0, 0.05) is 52.0 Å². The highest BCUT2D eigenvalue weighted by atomic mass is 16.3. The normalized spacial score (nSPS) is 14.8. The van der Waals surface area contributed by atoms with Gasteiger partial charge in [0.1, 0.15) is 17.3 Å². The molecule has 2 aromatic heterocycles. The van der Waals surface area contributed by atoms with Crippen LogP contribution < -0.4 is 9.80 Å². The molecule has 1 aliphatic rings. The molecule has 2 aromatic rings. The molecule has 0 atom stereocenters. The molecule has 0 spiro atoms. The van der Waals surface area contributed by atoms with Gasteiger partial charge in [-0.05, 0) is 26.8 Å². The quantitative estimate of drug-likeness (QED) is 0.849. The zero-order chi connectivity index (χ0) is 18.1. The lowest BCUT2D eigenvalue weighted by molar-refractivity contribution is 0.0744. The molecular formula is C18H25N5O2. The fourth-order valence-corrected chi connectivity index (χ4v) is 3.03. The van der Waals surface area contributed by atoms with Crippen LogP contribution in [-0.2, 0) is 0 Å². The van der Waals surface area contributed by atoms with Crippen LogP contribution in [0.4, 0.5) is 11.8 Å². The van der Waals surface area contributed by atoms with Gasteiger partial charge in [0.25, 0.3) is 5.91 Å². The van der Waals surface area contributed by atoms with Crippen molar-refractivity contribution in [3.8, 4) is 0 Å². The second-order valence-corrected chi connectivity index (χ2v) is 6.67. The second kappa shape index (κ2) is 6.74. The fourth-order valence-electron chi connectivity index (χ4n) is 3.03. The van der Waals surface area contributed by atoms with Gasteiger partial charge in [-0.2, -0.15) is 4.98 Å². The number of nitrogens with zero attached hydrogens (tertiary/aromatic N) is 5. The third-order valence-corrected chi connectivity index (χ3v) is 4.41. The van der Waals surface area contributed by atoms with Crippen molar-refractivity contribution >= 4 is 17.7 Å². The topological polar surface area (TPSA) is 65.7 Å². The lowest BCUT2D eigenvalue weighted by atomic mass is 10.2. The van der Waals surface area contributed by atoms with E-state index in [4.69, 9.17) is 4.42 Å². The molecule has 0 unspecified atom stereocenters. The first-order valence-corrected chi connectivity index (χ1v) is 8.49. The van der Waals surface area contributed by atoms with Gasteiger partial charge in [0.05, 0.1) is 5.56 Å². The summed E-state index contributed by atoms with van der Waals surface area (Å²) in [5.41, 5.74) is 1.60. The molecule has 3 heterocycles. The van der Waals surface area contributed by atoms with Gasteiger partial charge in [0.2, 0.25) is 5.95 Å². The van der Waals surface area contributed by atoms with Crippen LogP contribution in [0.1, 0.15) is 27.6 Å². The highest BCUT2D eigenvalue weighted by Gasteiger charge is 2.26. The maximum Gasteiger partial charge on any atom is 0.257 e. The molecule has 134 valence electrons. The van der Waals surface area contributed by atoms with Gasteiger partial charge >= 0.3 is 0 Å². The number of aromatic nitrogens is 2.